The van der Waals surface area contributed by atoms with Crippen molar-refractivity contribution in [2.75, 3.05) is 13.1 Å². The molecule has 0 aliphatic heterocycles. The summed E-state index contributed by atoms with van der Waals surface area (Å²) >= 11 is 0. The summed E-state index contributed by atoms with van der Waals surface area (Å²) in [5.74, 6) is -0.293. The number of amides is 1. The quantitative estimate of drug-likeness (QED) is 0.590. The standard InChI is InChI=1S/C9H18F2N2O/c10-8(11)7-13-9(14)5-3-1-2-4-6-12/h8H,1-7,12H2,(H,13,14). The Morgan fingerprint density at radius 3 is 2.43 bits per heavy atom. The van der Waals surface area contributed by atoms with Crippen molar-refractivity contribution in [2.45, 2.75) is 38.5 Å². The Balaban J connectivity index is 3.18. The molecular weight excluding hydrogens is 190 g/mol. The van der Waals surface area contributed by atoms with Gasteiger partial charge in [-0.1, -0.05) is 12.8 Å². The average molecular weight is 208 g/mol. The summed E-state index contributed by atoms with van der Waals surface area (Å²) in [6.07, 6.45) is 1.50. The van der Waals surface area contributed by atoms with Gasteiger partial charge in [0.1, 0.15) is 0 Å². The zero-order valence-electron chi connectivity index (χ0n) is 8.27. The fourth-order valence-corrected chi connectivity index (χ4v) is 1.06. The molecule has 0 saturated carbocycles. The third-order valence-electron chi connectivity index (χ3n) is 1.81. The minimum atomic E-state index is -2.46. The second-order valence-corrected chi connectivity index (χ2v) is 3.15. The van der Waals surface area contributed by atoms with Gasteiger partial charge in [0.25, 0.3) is 6.43 Å². The number of carbonyl (C=O) groups excluding carboxylic acids is 1. The number of hydrogen-bond acceptors (Lipinski definition) is 2. The molecule has 3 N–H and O–H groups in total. The van der Waals surface area contributed by atoms with Gasteiger partial charge in [0, 0.05) is 6.42 Å². The Labute approximate surface area is 83.0 Å². The number of unbranched alkanes of at least 4 members (excludes halogenated alkanes) is 3. The Hall–Kier alpha value is -0.710. The van der Waals surface area contributed by atoms with Crippen molar-refractivity contribution in [1.82, 2.24) is 5.32 Å². The predicted octanol–water partition coefficient (Wildman–Crippen LogP) is 1.28. The van der Waals surface area contributed by atoms with Gasteiger partial charge in [0.15, 0.2) is 0 Å². The molecule has 0 unspecified atom stereocenters. The van der Waals surface area contributed by atoms with Gasteiger partial charge in [-0.15, -0.1) is 0 Å². The zero-order chi connectivity index (χ0) is 10.8. The molecule has 14 heavy (non-hydrogen) atoms. The van der Waals surface area contributed by atoms with Gasteiger partial charge in [-0.25, -0.2) is 8.78 Å². The number of nitrogens with two attached hydrogens (primary N) is 1. The van der Waals surface area contributed by atoms with Crippen LogP contribution in [0.4, 0.5) is 8.78 Å². The molecule has 5 heteroatoms. The van der Waals surface area contributed by atoms with Crippen LogP contribution >= 0.6 is 0 Å². The van der Waals surface area contributed by atoms with Gasteiger partial charge >= 0.3 is 0 Å². The molecule has 0 aliphatic rings. The van der Waals surface area contributed by atoms with E-state index in [0.29, 0.717) is 13.0 Å². The van der Waals surface area contributed by atoms with Gasteiger partial charge in [-0.3, -0.25) is 4.79 Å². The highest BCUT2D eigenvalue weighted by molar-refractivity contribution is 5.75. The lowest BCUT2D eigenvalue weighted by molar-refractivity contribution is -0.121. The molecule has 0 aromatic rings. The van der Waals surface area contributed by atoms with Gasteiger partial charge < -0.3 is 11.1 Å². The molecule has 0 rings (SSSR count). The summed E-state index contributed by atoms with van der Waals surface area (Å²) in [7, 11) is 0. The van der Waals surface area contributed by atoms with Crippen molar-refractivity contribution < 1.29 is 13.6 Å². The minimum Gasteiger partial charge on any atom is -0.350 e. The number of nitrogens with one attached hydrogen (secondary N) is 1. The third-order valence-corrected chi connectivity index (χ3v) is 1.81. The summed E-state index contributed by atoms with van der Waals surface area (Å²) < 4.78 is 23.3. The van der Waals surface area contributed by atoms with Crippen LogP contribution in [0.15, 0.2) is 0 Å². The molecule has 0 heterocycles. The van der Waals surface area contributed by atoms with E-state index in [4.69, 9.17) is 5.73 Å². The summed E-state index contributed by atoms with van der Waals surface area (Å²) in [4.78, 5) is 10.9. The highest BCUT2D eigenvalue weighted by Gasteiger charge is 2.05. The largest absolute Gasteiger partial charge is 0.350 e. The summed E-state index contributed by atoms with van der Waals surface area (Å²) in [6, 6.07) is 0. The van der Waals surface area contributed by atoms with E-state index in [1.54, 1.807) is 0 Å². The van der Waals surface area contributed by atoms with E-state index in [9.17, 15) is 13.6 Å². The maximum Gasteiger partial charge on any atom is 0.255 e. The topological polar surface area (TPSA) is 55.1 Å². The molecule has 0 radical (unpaired) electrons. The third kappa shape index (κ3) is 9.38. The number of alkyl halides is 2. The zero-order valence-corrected chi connectivity index (χ0v) is 8.27. The number of rotatable bonds is 8. The molecule has 3 nitrogen and oxygen atoms in total. The first-order valence-corrected chi connectivity index (χ1v) is 4.91. The lowest BCUT2D eigenvalue weighted by atomic mass is 10.1. The van der Waals surface area contributed by atoms with Crippen LogP contribution in [0, 0.1) is 0 Å². The first kappa shape index (κ1) is 13.3. The van der Waals surface area contributed by atoms with E-state index in [2.05, 4.69) is 5.32 Å². The smallest absolute Gasteiger partial charge is 0.255 e. The van der Waals surface area contributed by atoms with Crippen LogP contribution in [0.3, 0.4) is 0 Å². The normalized spacial score (nSPS) is 10.6. The molecule has 84 valence electrons. The van der Waals surface area contributed by atoms with Crippen LogP contribution in [0.1, 0.15) is 32.1 Å². The molecule has 0 bridgehead atoms. The summed E-state index contributed by atoms with van der Waals surface area (Å²) in [5.41, 5.74) is 5.29. The maximum absolute atomic E-state index is 11.7. The lowest BCUT2D eigenvalue weighted by Crippen LogP contribution is -2.28. The molecule has 0 spiro atoms. The summed E-state index contributed by atoms with van der Waals surface area (Å²) in [6.45, 7) is 0.124. The molecule has 0 aromatic carbocycles. The monoisotopic (exact) mass is 208 g/mol. The highest BCUT2D eigenvalue weighted by atomic mass is 19.3. The van der Waals surface area contributed by atoms with E-state index >= 15 is 0 Å². The van der Waals surface area contributed by atoms with Crippen LogP contribution in [0.25, 0.3) is 0 Å². The van der Waals surface area contributed by atoms with Crippen molar-refractivity contribution in [1.29, 1.82) is 0 Å². The van der Waals surface area contributed by atoms with E-state index < -0.39 is 13.0 Å². The summed E-state index contributed by atoms with van der Waals surface area (Å²) in [5, 5.41) is 2.16. The molecule has 0 saturated heterocycles. The van der Waals surface area contributed by atoms with Crippen molar-refractivity contribution >= 4 is 5.91 Å². The van der Waals surface area contributed by atoms with Gasteiger partial charge in [-0.2, -0.15) is 0 Å². The average Bonchev–Trinajstić information content (AvgIpc) is 2.14. The van der Waals surface area contributed by atoms with Crippen LogP contribution in [-0.2, 0) is 4.79 Å². The molecule has 0 aliphatic carbocycles. The van der Waals surface area contributed by atoms with Crippen LogP contribution in [0.5, 0.6) is 0 Å². The van der Waals surface area contributed by atoms with E-state index in [-0.39, 0.29) is 5.91 Å². The molecular formula is C9H18F2N2O. The van der Waals surface area contributed by atoms with Crippen LogP contribution in [-0.4, -0.2) is 25.4 Å². The Morgan fingerprint density at radius 2 is 1.86 bits per heavy atom. The SMILES string of the molecule is NCCCCCCC(=O)NCC(F)F. The lowest BCUT2D eigenvalue weighted by Gasteiger charge is -2.03. The molecule has 1 amide bonds. The molecule has 0 fully saturated rings. The van der Waals surface area contributed by atoms with Crippen molar-refractivity contribution in [3.05, 3.63) is 0 Å². The predicted molar refractivity (Wildman–Crippen MR) is 51.2 cm³/mol. The second-order valence-electron chi connectivity index (χ2n) is 3.15. The first-order valence-electron chi connectivity index (χ1n) is 4.91. The number of hydrogen-bond donors (Lipinski definition) is 2. The van der Waals surface area contributed by atoms with E-state index in [1.807, 2.05) is 0 Å². The number of carbonyl (C=O) groups is 1. The van der Waals surface area contributed by atoms with E-state index in [0.717, 1.165) is 25.7 Å². The molecule has 0 aromatic heterocycles. The Morgan fingerprint density at radius 1 is 1.21 bits per heavy atom. The maximum atomic E-state index is 11.7. The van der Waals surface area contributed by atoms with Crippen molar-refractivity contribution in [3.63, 3.8) is 0 Å². The molecule has 0 atom stereocenters. The van der Waals surface area contributed by atoms with Gasteiger partial charge in [0.05, 0.1) is 6.54 Å². The van der Waals surface area contributed by atoms with Crippen LogP contribution < -0.4 is 11.1 Å². The van der Waals surface area contributed by atoms with Gasteiger partial charge in [0.2, 0.25) is 5.91 Å². The number of halogens is 2. The Bertz CT molecular complexity index is 154. The Kier molecular flexibility index (Phi) is 8.42. The van der Waals surface area contributed by atoms with Crippen molar-refractivity contribution in [3.8, 4) is 0 Å². The minimum absolute atomic E-state index is 0.293. The first-order chi connectivity index (χ1) is 6.66. The van der Waals surface area contributed by atoms with Gasteiger partial charge in [-0.05, 0) is 19.4 Å². The fourth-order valence-electron chi connectivity index (χ4n) is 1.06. The highest BCUT2D eigenvalue weighted by Crippen LogP contribution is 2.02. The fraction of sp³-hybridized carbons (Fsp3) is 0.889. The van der Waals surface area contributed by atoms with Crippen molar-refractivity contribution in [2.24, 2.45) is 5.73 Å². The van der Waals surface area contributed by atoms with E-state index in [1.165, 1.54) is 0 Å². The van der Waals surface area contributed by atoms with Crippen LogP contribution in [0.2, 0.25) is 0 Å². The second kappa shape index (κ2) is 8.87.